The van der Waals surface area contributed by atoms with Crippen molar-refractivity contribution in [3.8, 4) is 16.9 Å². The Morgan fingerprint density at radius 1 is 1.03 bits per heavy atom. The van der Waals surface area contributed by atoms with Crippen LogP contribution in [0.3, 0.4) is 0 Å². The van der Waals surface area contributed by atoms with Crippen molar-refractivity contribution < 1.29 is 0 Å². The van der Waals surface area contributed by atoms with Crippen LogP contribution in [0.4, 0.5) is 0 Å². The molecule has 2 aliphatic carbocycles. The molecule has 5 rings (SSSR count). The summed E-state index contributed by atoms with van der Waals surface area (Å²) in [6.45, 7) is 6.40. The topological polar surface area (TPSA) is 34.9 Å². The fraction of sp³-hybridized carbons (Fsp3) is 0.407. The van der Waals surface area contributed by atoms with E-state index in [1.54, 1.807) is 11.8 Å². The molecule has 1 spiro atoms. The molecule has 4 heteroatoms. The Labute approximate surface area is 188 Å². The third kappa shape index (κ3) is 3.55. The zero-order valence-electron chi connectivity index (χ0n) is 18.6. The lowest BCUT2D eigenvalue weighted by molar-refractivity contribution is 0.283. The van der Waals surface area contributed by atoms with Crippen molar-refractivity contribution in [2.75, 3.05) is 0 Å². The van der Waals surface area contributed by atoms with E-state index in [0.717, 1.165) is 52.5 Å². The first-order chi connectivity index (χ1) is 15.0. The van der Waals surface area contributed by atoms with E-state index in [1.807, 2.05) is 16.7 Å². The van der Waals surface area contributed by atoms with Gasteiger partial charge in [-0.15, -0.1) is 0 Å². The monoisotopic (exact) mass is 430 g/mol. The van der Waals surface area contributed by atoms with Crippen LogP contribution in [0.15, 0.2) is 58.5 Å². The molecular weight excluding hydrogens is 400 g/mol. The van der Waals surface area contributed by atoms with E-state index in [0.29, 0.717) is 5.25 Å². The summed E-state index contributed by atoms with van der Waals surface area (Å²) in [5.41, 5.74) is 6.51. The van der Waals surface area contributed by atoms with E-state index in [4.69, 9.17) is 4.98 Å². The van der Waals surface area contributed by atoms with Gasteiger partial charge in [-0.25, -0.2) is 4.98 Å². The first kappa shape index (κ1) is 20.6. The minimum absolute atomic E-state index is 0.0847. The average Bonchev–Trinajstić information content (AvgIpc) is 2.74. The van der Waals surface area contributed by atoms with Crippen molar-refractivity contribution in [2.24, 2.45) is 0 Å². The zero-order chi connectivity index (χ0) is 21.6. The molecule has 0 atom stereocenters. The van der Waals surface area contributed by atoms with Gasteiger partial charge in [-0.2, -0.15) is 0 Å². The second-order valence-corrected chi connectivity index (χ2v) is 11.0. The number of benzene rings is 2. The SMILES string of the molecule is Cc1cccc(-n2c(SC(C)C)nc3c(c2=O)C2(CCCCC2)Cc2ccccc2-3)c1. The van der Waals surface area contributed by atoms with Gasteiger partial charge in [-0.3, -0.25) is 9.36 Å². The molecule has 0 bridgehead atoms. The Balaban J connectivity index is 1.85. The number of hydrogen-bond donors (Lipinski definition) is 0. The fourth-order valence-electron chi connectivity index (χ4n) is 5.47. The van der Waals surface area contributed by atoms with Gasteiger partial charge in [0.15, 0.2) is 5.16 Å². The number of hydrogen-bond acceptors (Lipinski definition) is 3. The van der Waals surface area contributed by atoms with Gasteiger partial charge in [0.1, 0.15) is 0 Å². The number of thioether (sulfide) groups is 1. The van der Waals surface area contributed by atoms with Crippen molar-refractivity contribution in [1.82, 2.24) is 9.55 Å². The molecule has 0 unspecified atom stereocenters. The number of fused-ring (bicyclic) bond motifs is 4. The van der Waals surface area contributed by atoms with Gasteiger partial charge in [-0.1, -0.05) is 81.3 Å². The van der Waals surface area contributed by atoms with Crippen LogP contribution in [0.2, 0.25) is 0 Å². The van der Waals surface area contributed by atoms with Crippen molar-refractivity contribution in [2.45, 2.75) is 75.1 Å². The smallest absolute Gasteiger partial charge is 0.263 e. The minimum Gasteiger partial charge on any atom is -0.268 e. The van der Waals surface area contributed by atoms with E-state index in [-0.39, 0.29) is 11.0 Å². The van der Waals surface area contributed by atoms with Gasteiger partial charge in [0, 0.05) is 16.2 Å². The summed E-state index contributed by atoms with van der Waals surface area (Å²) in [6, 6.07) is 16.8. The van der Waals surface area contributed by atoms with E-state index in [2.05, 4.69) is 57.2 Å². The highest BCUT2D eigenvalue weighted by molar-refractivity contribution is 7.99. The molecule has 2 aromatic carbocycles. The standard InChI is InChI=1S/C27H30N2OS/c1-18(2)31-26-28-24-22-13-6-5-11-20(22)17-27(14-7-4-8-15-27)23(24)25(30)29(26)21-12-9-10-19(3)16-21/h5-6,9-13,16,18H,4,7-8,14-15,17H2,1-3H3. The molecule has 0 radical (unpaired) electrons. The van der Waals surface area contributed by atoms with Crippen molar-refractivity contribution in [1.29, 1.82) is 0 Å². The molecule has 1 saturated carbocycles. The van der Waals surface area contributed by atoms with Crippen LogP contribution in [-0.4, -0.2) is 14.8 Å². The van der Waals surface area contributed by atoms with Crippen molar-refractivity contribution in [3.63, 3.8) is 0 Å². The maximum absolute atomic E-state index is 14.3. The lowest BCUT2D eigenvalue weighted by Crippen LogP contribution is -2.43. The number of nitrogens with zero attached hydrogens (tertiary/aromatic N) is 2. The van der Waals surface area contributed by atoms with Crippen molar-refractivity contribution in [3.05, 3.63) is 75.6 Å². The normalized spacial score (nSPS) is 16.9. The Hall–Kier alpha value is -2.33. The third-order valence-electron chi connectivity index (χ3n) is 6.80. The molecule has 3 nitrogen and oxygen atoms in total. The summed E-state index contributed by atoms with van der Waals surface area (Å²) < 4.78 is 1.89. The summed E-state index contributed by atoms with van der Waals surface area (Å²) in [7, 11) is 0. The summed E-state index contributed by atoms with van der Waals surface area (Å²) in [5.74, 6) is 0. The van der Waals surface area contributed by atoms with E-state index >= 15 is 0 Å². The van der Waals surface area contributed by atoms with Gasteiger partial charge in [0.05, 0.1) is 16.9 Å². The quantitative estimate of drug-likeness (QED) is 0.353. The number of aryl methyl sites for hydroxylation is 1. The zero-order valence-corrected chi connectivity index (χ0v) is 19.5. The largest absolute Gasteiger partial charge is 0.268 e. The Kier molecular flexibility index (Phi) is 5.29. The van der Waals surface area contributed by atoms with Crippen LogP contribution in [0.25, 0.3) is 16.9 Å². The van der Waals surface area contributed by atoms with Gasteiger partial charge >= 0.3 is 0 Å². The molecule has 1 heterocycles. The van der Waals surface area contributed by atoms with Gasteiger partial charge < -0.3 is 0 Å². The molecule has 0 saturated heterocycles. The van der Waals surface area contributed by atoms with Crippen LogP contribution >= 0.6 is 11.8 Å². The highest BCUT2D eigenvalue weighted by Gasteiger charge is 2.43. The molecule has 1 fully saturated rings. The summed E-state index contributed by atoms with van der Waals surface area (Å²) >= 11 is 1.67. The Morgan fingerprint density at radius 3 is 2.55 bits per heavy atom. The molecule has 0 amide bonds. The lowest BCUT2D eigenvalue weighted by atomic mass is 9.62. The van der Waals surface area contributed by atoms with E-state index in [1.165, 1.54) is 24.8 Å². The highest BCUT2D eigenvalue weighted by Crippen LogP contribution is 2.49. The highest BCUT2D eigenvalue weighted by atomic mass is 32.2. The summed E-state index contributed by atoms with van der Waals surface area (Å²) in [5, 5.41) is 1.13. The second-order valence-electron chi connectivity index (χ2n) is 9.44. The van der Waals surface area contributed by atoms with Crippen LogP contribution in [-0.2, 0) is 11.8 Å². The molecular formula is C27H30N2OS. The van der Waals surface area contributed by atoms with Crippen LogP contribution in [0.1, 0.15) is 62.6 Å². The van der Waals surface area contributed by atoms with Gasteiger partial charge in [-0.05, 0) is 49.4 Å². The molecule has 0 N–H and O–H groups in total. The van der Waals surface area contributed by atoms with Crippen molar-refractivity contribution >= 4 is 11.8 Å². The molecule has 3 aromatic rings. The number of rotatable bonds is 3. The lowest BCUT2D eigenvalue weighted by Gasteiger charge is -2.42. The van der Waals surface area contributed by atoms with Crippen LogP contribution < -0.4 is 5.56 Å². The number of aromatic nitrogens is 2. The third-order valence-corrected chi connectivity index (χ3v) is 7.75. The van der Waals surface area contributed by atoms with E-state index in [9.17, 15) is 4.79 Å². The van der Waals surface area contributed by atoms with Crippen LogP contribution in [0, 0.1) is 6.92 Å². The molecule has 1 aromatic heterocycles. The maximum atomic E-state index is 14.3. The van der Waals surface area contributed by atoms with Crippen LogP contribution in [0.5, 0.6) is 0 Å². The van der Waals surface area contributed by atoms with Gasteiger partial charge in [0.2, 0.25) is 0 Å². The Bertz CT molecular complexity index is 1190. The first-order valence-corrected chi connectivity index (χ1v) is 12.4. The summed E-state index contributed by atoms with van der Waals surface area (Å²) in [6.07, 6.45) is 6.75. The minimum atomic E-state index is -0.0847. The maximum Gasteiger partial charge on any atom is 0.263 e. The molecule has 160 valence electrons. The van der Waals surface area contributed by atoms with E-state index < -0.39 is 0 Å². The molecule has 31 heavy (non-hydrogen) atoms. The summed E-state index contributed by atoms with van der Waals surface area (Å²) in [4.78, 5) is 19.6. The Morgan fingerprint density at radius 2 is 1.81 bits per heavy atom. The van der Waals surface area contributed by atoms with Gasteiger partial charge in [0.25, 0.3) is 5.56 Å². The molecule has 0 aliphatic heterocycles. The fourth-order valence-corrected chi connectivity index (χ4v) is 6.33. The first-order valence-electron chi connectivity index (χ1n) is 11.5. The second kappa shape index (κ2) is 7.98. The average molecular weight is 431 g/mol. The predicted octanol–water partition coefficient (Wildman–Crippen LogP) is 6.47. The molecule has 2 aliphatic rings. The predicted molar refractivity (Wildman–Crippen MR) is 129 cm³/mol.